The van der Waals surface area contributed by atoms with E-state index in [0.717, 1.165) is 16.7 Å². The number of likely N-dealkylation sites (tertiary alicyclic amines) is 1. The van der Waals surface area contributed by atoms with Gasteiger partial charge < -0.3 is 29.7 Å². The second kappa shape index (κ2) is 10.9. The quantitative estimate of drug-likeness (QED) is 0.612. The molecule has 1 aromatic heterocycles. The summed E-state index contributed by atoms with van der Waals surface area (Å²) in [5.74, 6) is -0.442. The van der Waals surface area contributed by atoms with Gasteiger partial charge in [-0.1, -0.05) is 6.07 Å². The van der Waals surface area contributed by atoms with Crippen molar-refractivity contribution >= 4 is 17.5 Å². The van der Waals surface area contributed by atoms with Gasteiger partial charge in [-0.2, -0.15) is 18.2 Å². The average Bonchev–Trinajstić information content (AvgIpc) is 3.26. The van der Waals surface area contributed by atoms with Crippen LogP contribution in [0, 0.1) is 12.8 Å². The lowest BCUT2D eigenvalue weighted by Gasteiger charge is -2.28. The average molecular weight is 509 g/mol. The van der Waals surface area contributed by atoms with E-state index in [1.807, 2.05) is 19.1 Å². The Morgan fingerprint density at radius 1 is 1.25 bits per heavy atom. The van der Waals surface area contributed by atoms with Crippen molar-refractivity contribution in [2.24, 2.45) is 5.92 Å². The largest absolute Gasteiger partial charge is 0.475 e. The summed E-state index contributed by atoms with van der Waals surface area (Å²) in [7, 11) is 0. The Labute approximate surface area is 208 Å². The third kappa shape index (κ3) is 6.01. The highest BCUT2D eigenvalue weighted by Gasteiger charge is 2.47. The SMILES string of the molecule is Cc1ccc(NC(=O)N2CC(C(F)(F)F)CC2C)cc1-c1cc(OCCO)nc(N2CCOCC2)c1. The molecule has 2 aromatic rings. The molecule has 0 radical (unpaired) electrons. The summed E-state index contributed by atoms with van der Waals surface area (Å²) < 4.78 is 50.5. The number of nitrogens with zero attached hydrogens (tertiary/aromatic N) is 3. The van der Waals surface area contributed by atoms with Gasteiger partial charge in [0.15, 0.2) is 0 Å². The number of alkyl halides is 3. The fourth-order valence-corrected chi connectivity index (χ4v) is 4.58. The molecule has 2 unspecified atom stereocenters. The fraction of sp³-hybridized carbons (Fsp3) is 0.520. The van der Waals surface area contributed by atoms with Crippen LogP contribution in [-0.2, 0) is 4.74 Å². The number of pyridine rings is 1. The molecule has 0 saturated carbocycles. The Hall–Kier alpha value is -3.05. The van der Waals surface area contributed by atoms with Crippen LogP contribution < -0.4 is 15.0 Å². The van der Waals surface area contributed by atoms with E-state index in [0.29, 0.717) is 43.7 Å². The van der Waals surface area contributed by atoms with Gasteiger partial charge in [0.25, 0.3) is 0 Å². The molecule has 1 aromatic carbocycles. The van der Waals surface area contributed by atoms with Crippen molar-refractivity contribution in [3.63, 3.8) is 0 Å². The van der Waals surface area contributed by atoms with Crippen LogP contribution in [-0.4, -0.2) is 79.3 Å². The van der Waals surface area contributed by atoms with Crippen molar-refractivity contribution in [1.29, 1.82) is 0 Å². The van der Waals surface area contributed by atoms with Crippen LogP contribution in [0.2, 0.25) is 0 Å². The molecule has 3 heterocycles. The van der Waals surface area contributed by atoms with Gasteiger partial charge in [-0.15, -0.1) is 0 Å². The number of rotatable bonds is 6. The zero-order valence-electron chi connectivity index (χ0n) is 20.3. The number of hydrogen-bond acceptors (Lipinski definition) is 6. The van der Waals surface area contributed by atoms with Crippen LogP contribution in [0.3, 0.4) is 0 Å². The number of hydrogen-bond donors (Lipinski definition) is 2. The first-order valence-electron chi connectivity index (χ1n) is 12.0. The number of amides is 2. The van der Waals surface area contributed by atoms with Crippen LogP contribution in [0.4, 0.5) is 29.5 Å². The first-order chi connectivity index (χ1) is 17.2. The fourth-order valence-electron chi connectivity index (χ4n) is 4.58. The highest BCUT2D eigenvalue weighted by atomic mass is 19.4. The highest BCUT2D eigenvalue weighted by molar-refractivity contribution is 5.91. The van der Waals surface area contributed by atoms with E-state index in [2.05, 4.69) is 15.2 Å². The zero-order valence-corrected chi connectivity index (χ0v) is 20.3. The third-order valence-electron chi connectivity index (χ3n) is 6.56. The van der Waals surface area contributed by atoms with Crippen molar-refractivity contribution in [3.05, 3.63) is 35.9 Å². The van der Waals surface area contributed by atoms with Gasteiger partial charge in [0.2, 0.25) is 5.88 Å². The standard InChI is InChI=1S/C25H31F3N4O4/c1-16-3-4-20(29-24(34)32-15-19(11-17(32)2)25(26,27)28)14-21(16)18-12-22(31-5-8-35-9-6-31)30-23(13-18)36-10-7-33/h3-4,12-14,17,19,33H,5-11,15H2,1-2H3,(H,29,34). The molecule has 2 atom stereocenters. The number of benzene rings is 1. The molecule has 2 fully saturated rings. The molecule has 8 nitrogen and oxygen atoms in total. The monoisotopic (exact) mass is 508 g/mol. The number of urea groups is 1. The summed E-state index contributed by atoms with van der Waals surface area (Å²) in [6.07, 6.45) is -4.43. The molecule has 2 saturated heterocycles. The minimum Gasteiger partial charge on any atom is -0.475 e. The molecule has 11 heteroatoms. The van der Waals surface area contributed by atoms with Crippen LogP contribution in [0.5, 0.6) is 5.88 Å². The van der Waals surface area contributed by atoms with E-state index in [9.17, 15) is 23.1 Å². The molecule has 2 N–H and O–H groups in total. The smallest absolute Gasteiger partial charge is 0.393 e. The predicted molar refractivity (Wildman–Crippen MR) is 129 cm³/mol. The second-order valence-corrected chi connectivity index (χ2v) is 9.16. The molecule has 2 amide bonds. The molecular weight excluding hydrogens is 477 g/mol. The van der Waals surface area contributed by atoms with Gasteiger partial charge in [-0.05, 0) is 55.2 Å². The number of aliphatic hydroxyl groups is 1. The maximum Gasteiger partial charge on any atom is 0.393 e. The zero-order chi connectivity index (χ0) is 25.9. The summed E-state index contributed by atoms with van der Waals surface area (Å²) in [6.45, 7) is 5.69. The second-order valence-electron chi connectivity index (χ2n) is 9.16. The third-order valence-corrected chi connectivity index (χ3v) is 6.56. The van der Waals surface area contributed by atoms with Crippen molar-refractivity contribution in [2.75, 3.05) is 56.3 Å². The summed E-state index contributed by atoms with van der Waals surface area (Å²) >= 11 is 0. The maximum atomic E-state index is 13.2. The Kier molecular flexibility index (Phi) is 7.89. The van der Waals surface area contributed by atoms with Gasteiger partial charge in [0.05, 0.1) is 25.7 Å². The minimum absolute atomic E-state index is 0.0982. The number of aliphatic hydroxyl groups excluding tert-OH is 1. The van der Waals surface area contributed by atoms with Gasteiger partial charge >= 0.3 is 12.2 Å². The molecule has 2 aliphatic heterocycles. The summed E-state index contributed by atoms with van der Waals surface area (Å²) in [4.78, 5) is 20.7. The van der Waals surface area contributed by atoms with Gasteiger partial charge in [-0.25, -0.2) is 4.79 Å². The van der Waals surface area contributed by atoms with Crippen molar-refractivity contribution in [3.8, 4) is 17.0 Å². The summed E-state index contributed by atoms with van der Waals surface area (Å²) in [5.41, 5.74) is 3.04. The first-order valence-corrected chi connectivity index (χ1v) is 12.0. The van der Waals surface area contributed by atoms with Crippen molar-refractivity contribution in [2.45, 2.75) is 32.5 Å². The number of halogens is 3. The number of carbonyl (C=O) groups excluding carboxylic acids is 1. The molecular formula is C25H31F3N4O4. The number of morpholine rings is 1. The van der Waals surface area contributed by atoms with Gasteiger partial charge in [0, 0.05) is 37.4 Å². The predicted octanol–water partition coefficient (Wildman–Crippen LogP) is 4.07. The number of ether oxygens (including phenoxy) is 2. The normalized spacial score (nSPS) is 20.5. The van der Waals surface area contributed by atoms with E-state index in [1.54, 1.807) is 25.1 Å². The molecule has 0 bridgehead atoms. The number of anilines is 2. The van der Waals surface area contributed by atoms with Crippen LogP contribution >= 0.6 is 0 Å². The Bertz CT molecular complexity index is 1080. The number of nitrogens with one attached hydrogen (secondary N) is 1. The maximum absolute atomic E-state index is 13.2. The van der Waals surface area contributed by atoms with Crippen LogP contribution in [0.1, 0.15) is 18.9 Å². The molecule has 36 heavy (non-hydrogen) atoms. The lowest BCUT2D eigenvalue weighted by molar-refractivity contribution is -0.170. The minimum atomic E-state index is -4.32. The highest BCUT2D eigenvalue weighted by Crippen LogP contribution is 2.37. The molecule has 4 rings (SSSR count). The number of carbonyl (C=O) groups is 1. The van der Waals surface area contributed by atoms with E-state index in [-0.39, 0.29) is 26.2 Å². The van der Waals surface area contributed by atoms with Crippen LogP contribution in [0.25, 0.3) is 11.1 Å². The Morgan fingerprint density at radius 3 is 2.67 bits per heavy atom. The summed E-state index contributed by atoms with van der Waals surface area (Å²) in [5, 5.41) is 11.9. The molecule has 0 spiro atoms. The first kappa shape index (κ1) is 26.0. The lowest BCUT2D eigenvalue weighted by Crippen LogP contribution is -2.38. The van der Waals surface area contributed by atoms with E-state index >= 15 is 0 Å². The molecule has 0 aliphatic carbocycles. The number of aryl methyl sites for hydroxylation is 1. The van der Waals surface area contributed by atoms with E-state index < -0.39 is 24.2 Å². The lowest BCUT2D eigenvalue weighted by atomic mass is 10.0. The van der Waals surface area contributed by atoms with E-state index in [1.165, 1.54) is 4.90 Å². The topological polar surface area (TPSA) is 87.2 Å². The number of aromatic nitrogens is 1. The van der Waals surface area contributed by atoms with Crippen molar-refractivity contribution in [1.82, 2.24) is 9.88 Å². The molecule has 196 valence electrons. The summed E-state index contributed by atoms with van der Waals surface area (Å²) in [6, 6.07) is 8.00. The van der Waals surface area contributed by atoms with E-state index in [4.69, 9.17) is 9.47 Å². The van der Waals surface area contributed by atoms with Crippen LogP contribution in [0.15, 0.2) is 30.3 Å². The van der Waals surface area contributed by atoms with Crippen molar-refractivity contribution < 1.29 is 32.5 Å². The Morgan fingerprint density at radius 2 is 2.00 bits per heavy atom. The van der Waals surface area contributed by atoms with Gasteiger partial charge in [0.1, 0.15) is 12.4 Å². The Balaban J connectivity index is 1.59. The van der Waals surface area contributed by atoms with Gasteiger partial charge in [-0.3, -0.25) is 0 Å². The molecule has 2 aliphatic rings.